The van der Waals surface area contributed by atoms with Gasteiger partial charge in [0.15, 0.2) is 0 Å². The van der Waals surface area contributed by atoms with Gasteiger partial charge in [-0.05, 0) is 11.8 Å². The Kier molecular flexibility index (Phi) is 6.42. The van der Waals surface area contributed by atoms with Gasteiger partial charge in [0.05, 0.1) is 0 Å². The summed E-state index contributed by atoms with van der Waals surface area (Å²) < 4.78 is 15.5. The third-order valence-electron chi connectivity index (χ3n) is 1.51. The predicted octanol–water partition coefficient (Wildman–Crippen LogP) is 1.08. The van der Waals surface area contributed by atoms with Crippen LogP contribution in [0.4, 0.5) is 0 Å². The highest BCUT2D eigenvalue weighted by atomic mass is 32.2. The van der Waals surface area contributed by atoms with Crippen molar-refractivity contribution in [1.82, 2.24) is 0 Å². The summed E-state index contributed by atoms with van der Waals surface area (Å²) in [5.74, 6) is 0.679. The topological polar surface area (TPSA) is 51.5 Å². The summed E-state index contributed by atoms with van der Waals surface area (Å²) in [5.41, 5.74) is 0. The van der Waals surface area contributed by atoms with Crippen LogP contribution in [0.5, 0.6) is 0 Å². The van der Waals surface area contributed by atoms with Gasteiger partial charge < -0.3 is 13.3 Å². The molecule has 0 rings (SSSR count). The van der Waals surface area contributed by atoms with Crippen molar-refractivity contribution < 1.29 is 13.3 Å². The Morgan fingerprint density at radius 3 is 2.08 bits per heavy atom. The van der Waals surface area contributed by atoms with Gasteiger partial charge in [-0.25, -0.2) is 0 Å². The molecule has 0 aromatic heterocycles. The van der Waals surface area contributed by atoms with E-state index in [0.717, 1.165) is 0 Å². The maximum Gasteiger partial charge on any atom is 0.501 e. The molecule has 0 aromatic rings. The number of hydrogen-bond acceptors (Lipinski definition) is 5. The Labute approximate surface area is 78.2 Å². The van der Waals surface area contributed by atoms with E-state index in [4.69, 9.17) is 18.5 Å². The minimum absolute atomic E-state index is 0.661. The Balaban J connectivity index is 3.86. The molecular weight excluding hydrogens is 194 g/mol. The van der Waals surface area contributed by atoms with Gasteiger partial charge in [0.25, 0.3) is 0 Å². The number of nitriles is 1. The zero-order chi connectivity index (χ0) is 9.45. The molecule has 0 spiro atoms. The summed E-state index contributed by atoms with van der Waals surface area (Å²) in [6, 6.07) is 0.661. The maximum atomic E-state index is 8.29. The van der Waals surface area contributed by atoms with E-state index in [2.05, 4.69) is 0 Å². The van der Waals surface area contributed by atoms with E-state index in [-0.39, 0.29) is 0 Å². The summed E-state index contributed by atoms with van der Waals surface area (Å²) >= 11 is 1.18. The molecule has 0 fully saturated rings. The van der Waals surface area contributed by atoms with E-state index in [9.17, 15) is 0 Å². The molecule has 0 aromatic carbocycles. The van der Waals surface area contributed by atoms with Crippen LogP contribution in [0.1, 0.15) is 0 Å². The monoisotopic (exact) mass is 207 g/mol. The molecule has 0 aliphatic carbocycles. The molecule has 0 bridgehead atoms. The van der Waals surface area contributed by atoms with E-state index >= 15 is 0 Å². The van der Waals surface area contributed by atoms with E-state index in [1.54, 1.807) is 21.3 Å². The number of nitrogens with zero attached hydrogens (tertiary/aromatic N) is 1. The third-order valence-corrected chi connectivity index (χ3v) is 5.14. The first-order chi connectivity index (χ1) is 5.74. The normalized spacial score (nSPS) is 11.2. The Morgan fingerprint density at radius 1 is 1.25 bits per heavy atom. The second-order valence-electron chi connectivity index (χ2n) is 1.99. The molecule has 6 heteroatoms. The summed E-state index contributed by atoms with van der Waals surface area (Å²) in [7, 11) is 2.27. The molecule has 0 heterocycles. The Bertz CT molecular complexity index is 149. The SMILES string of the molecule is CO[Si](CCSC#N)(OC)OC. The quantitative estimate of drug-likeness (QED) is 0.370. The molecular formula is C6H13NO3SSi. The lowest BCUT2D eigenvalue weighted by atomic mass is 11.0. The van der Waals surface area contributed by atoms with Crippen LogP contribution in [0.25, 0.3) is 0 Å². The van der Waals surface area contributed by atoms with E-state index in [1.165, 1.54) is 11.8 Å². The van der Waals surface area contributed by atoms with Gasteiger partial charge in [-0.3, -0.25) is 0 Å². The van der Waals surface area contributed by atoms with Gasteiger partial charge in [-0.1, -0.05) is 0 Å². The fraction of sp³-hybridized carbons (Fsp3) is 0.833. The molecule has 70 valence electrons. The molecule has 0 N–H and O–H groups in total. The minimum Gasteiger partial charge on any atom is -0.377 e. The van der Waals surface area contributed by atoms with Crippen LogP contribution < -0.4 is 0 Å². The smallest absolute Gasteiger partial charge is 0.377 e. The molecule has 0 saturated heterocycles. The fourth-order valence-electron chi connectivity index (χ4n) is 0.778. The van der Waals surface area contributed by atoms with Crippen LogP contribution in [-0.2, 0) is 13.3 Å². The third kappa shape index (κ3) is 3.56. The average Bonchev–Trinajstić information content (AvgIpc) is 2.14. The first kappa shape index (κ1) is 11.9. The standard InChI is InChI=1S/C6H13NO3SSi/c1-8-12(9-2,10-3)5-4-11-6-7/h4-5H2,1-3H3. The second kappa shape index (κ2) is 6.45. The van der Waals surface area contributed by atoms with Crippen LogP contribution in [-0.4, -0.2) is 35.9 Å². The van der Waals surface area contributed by atoms with Crippen LogP contribution in [0.3, 0.4) is 0 Å². The highest BCUT2D eigenvalue weighted by Gasteiger charge is 2.36. The van der Waals surface area contributed by atoms with Gasteiger partial charge in [0.1, 0.15) is 5.40 Å². The lowest BCUT2D eigenvalue weighted by Gasteiger charge is -2.23. The molecule has 0 aliphatic heterocycles. The number of rotatable bonds is 6. The van der Waals surface area contributed by atoms with Gasteiger partial charge >= 0.3 is 8.80 Å². The van der Waals surface area contributed by atoms with Crippen LogP contribution in [0.15, 0.2) is 0 Å². The van der Waals surface area contributed by atoms with Gasteiger partial charge in [-0.2, -0.15) is 5.26 Å². The average molecular weight is 207 g/mol. The van der Waals surface area contributed by atoms with Gasteiger partial charge in [-0.15, -0.1) is 0 Å². The van der Waals surface area contributed by atoms with Gasteiger partial charge in [0, 0.05) is 33.1 Å². The molecule has 0 aliphatic rings. The lowest BCUT2D eigenvalue weighted by molar-refractivity contribution is 0.125. The summed E-state index contributed by atoms with van der Waals surface area (Å²) in [5, 5.41) is 10.3. The van der Waals surface area contributed by atoms with E-state index in [1.807, 2.05) is 5.40 Å². The van der Waals surface area contributed by atoms with Crippen molar-refractivity contribution in [2.45, 2.75) is 6.04 Å². The van der Waals surface area contributed by atoms with Crippen LogP contribution >= 0.6 is 11.8 Å². The predicted molar refractivity (Wildman–Crippen MR) is 49.7 cm³/mol. The van der Waals surface area contributed by atoms with E-state index < -0.39 is 8.80 Å². The highest BCUT2D eigenvalue weighted by molar-refractivity contribution is 8.03. The molecule has 4 nitrogen and oxygen atoms in total. The van der Waals surface area contributed by atoms with Crippen molar-refractivity contribution in [3.05, 3.63) is 0 Å². The first-order valence-corrected chi connectivity index (χ1v) is 6.32. The number of thiocyanates is 1. The number of thioether (sulfide) groups is 1. The van der Waals surface area contributed by atoms with Crippen molar-refractivity contribution in [2.75, 3.05) is 27.1 Å². The molecule has 12 heavy (non-hydrogen) atoms. The minimum atomic E-state index is -2.43. The van der Waals surface area contributed by atoms with E-state index in [0.29, 0.717) is 11.8 Å². The Hall–Kier alpha value is -0.0631. The summed E-state index contributed by atoms with van der Waals surface area (Å²) in [4.78, 5) is 0. The van der Waals surface area contributed by atoms with Crippen molar-refractivity contribution in [3.8, 4) is 5.40 Å². The van der Waals surface area contributed by atoms with Crippen molar-refractivity contribution in [3.63, 3.8) is 0 Å². The van der Waals surface area contributed by atoms with Crippen LogP contribution in [0, 0.1) is 10.7 Å². The number of hydrogen-bond donors (Lipinski definition) is 0. The molecule has 0 saturated carbocycles. The largest absolute Gasteiger partial charge is 0.501 e. The fourth-order valence-corrected chi connectivity index (χ4v) is 3.39. The van der Waals surface area contributed by atoms with Gasteiger partial charge in [0.2, 0.25) is 0 Å². The molecule has 0 amide bonds. The van der Waals surface area contributed by atoms with Crippen molar-refractivity contribution >= 4 is 20.6 Å². The maximum absolute atomic E-state index is 8.29. The highest BCUT2D eigenvalue weighted by Crippen LogP contribution is 2.15. The zero-order valence-electron chi connectivity index (χ0n) is 7.49. The summed E-state index contributed by atoms with van der Waals surface area (Å²) in [6.45, 7) is 0. The second-order valence-corrected chi connectivity index (χ2v) is 5.96. The molecule has 0 radical (unpaired) electrons. The van der Waals surface area contributed by atoms with Crippen molar-refractivity contribution in [2.24, 2.45) is 0 Å². The summed E-state index contributed by atoms with van der Waals surface area (Å²) in [6.07, 6.45) is 0. The molecule has 0 unspecified atom stereocenters. The Morgan fingerprint density at radius 2 is 1.75 bits per heavy atom. The molecule has 0 atom stereocenters. The van der Waals surface area contributed by atoms with Crippen LogP contribution in [0.2, 0.25) is 6.04 Å². The lowest BCUT2D eigenvalue weighted by Crippen LogP contribution is -2.43. The van der Waals surface area contributed by atoms with Crippen molar-refractivity contribution in [1.29, 1.82) is 5.26 Å². The zero-order valence-corrected chi connectivity index (χ0v) is 9.31. The first-order valence-electron chi connectivity index (χ1n) is 3.41.